The number of ketones is 1. The van der Waals surface area contributed by atoms with Crippen LogP contribution in [0, 0.1) is 17.8 Å². The van der Waals surface area contributed by atoms with Crippen LogP contribution < -0.4 is 0 Å². The van der Waals surface area contributed by atoms with E-state index < -0.39 is 0 Å². The fourth-order valence-corrected chi connectivity index (χ4v) is 4.25. The molecule has 1 aromatic rings. The van der Waals surface area contributed by atoms with Crippen LogP contribution in [0.5, 0.6) is 0 Å². The lowest BCUT2D eigenvalue weighted by Gasteiger charge is -2.26. The first-order valence-corrected chi connectivity index (χ1v) is 7.97. The number of likely N-dealkylation sites (N-methyl/N-ethyl adjacent to an activating group) is 1. The molecule has 3 rings (SSSR count). The lowest BCUT2D eigenvalue weighted by molar-refractivity contribution is 0.0929. The number of fused-ring (bicyclic) bond motifs is 2. The van der Waals surface area contributed by atoms with Gasteiger partial charge >= 0.3 is 0 Å². The van der Waals surface area contributed by atoms with Gasteiger partial charge in [0.2, 0.25) is 0 Å². The molecule has 2 fully saturated rings. The summed E-state index contributed by atoms with van der Waals surface area (Å²) in [6.45, 7) is 1.56. The summed E-state index contributed by atoms with van der Waals surface area (Å²) in [4.78, 5) is 14.4. The molecule has 3 atom stereocenters. The van der Waals surface area contributed by atoms with Gasteiger partial charge in [-0.05, 0) is 56.2 Å². The van der Waals surface area contributed by atoms with E-state index in [-0.39, 0.29) is 5.78 Å². The average Bonchev–Trinajstić information content (AvgIpc) is 3.00. The highest BCUT2D eigenvalue weighted by atomic mass is 35.5. The molecule has 0 aromatic heterocycles. The van der Waals surface area contributed by atoms with Gasteiger partial charge in [0, 0.05) is 17.1 Å². The molecule has 20 heavy (non-hydrogen) atoms. The Bertz CT molecular complexity index is 502. The lowest BCUT2D eigenvalue weighted by atomic mass is 9.88. The number of hydrogen-bond donors (Lipinski definition) is 0. The molecular formula is C17H22ClNO. The Labute approximate surface area is 126 Å². The minimum absolute atomic E-state index is 0.165. The Morgan fingerprint density at radius 1 is 1.35 bits per heavy atom. The number of rotatable bonds is 5. The Kier molecular flexibility index (Phi) is 4.13. The van der Waals surface area contributed by atoms with Crippen LogP contribution in [0.25, 0.3) is 0 Å². The van der Waals surface area contributed by atoms with Gasteiger partial charge in [-0.3, -0.25) is 9.69 Å². The molecule has 2 aliphatic rings. The van der Waals surface area contributed by atoms with Crippen LogP contribution in [-0.4, -0.2) is 30.8 Å². The van der Waals surface area contributed by atoms with Crippen molar-refractivity contribution >= 4 is 17.4 Å². The summed E-state index contributed by atoms with van der Waals surface area (Å²) < 4.78 is 0. The predicted molar refractivity (Wildman–Crippen MR) is 82.2 cm³/mol. The van der Waals surface area contributed by atoms with E-state index in [0.29, 0.717) is 11.6 Å². The Balaban J connectivity index is 1.53. The third-order valence-electron chi connectivity index (χ3n) is 4.99. The van der Waals surface area contributed by atoms with Gasteiger partial charge in [0.1, 0.15) is 0 Å². The van der Waals surface area contributed by atoms with Crippen molar-refractivity contribution in [1.29, 1.82) is 0 Å². The molecule has 2 bridgehead atoms. The standard InChI is InChI=1S/C17H22ClNO/c1-19(10-15-8-12-5-6-13(15)7-12)11-17(20)14-3-2-4-16(18)9-14/h2-4,9,12-13,15H,5-8,10-11H2,1H3. The number of carbonyl (C=O) groups is 1. The van der Waals surface area contributed by atoms with Crippen LogP contribution in [0.15, 0.2) is 24.3 Å². The van der Waals surface area contributed by atoms with Gasteiger partial charge in [-0.15, -0.1) is 0 Å². The maximum Gasteiger partial charge on any atom is 0.176 e. The number of benzene rings is 1. The van der Waals surface area contributed by atoms with E-state index in [2.05, 4.69) is 11.9 Å². The third-order valence-corrected chi connectivity index (χ3v) is 5.23. The minimum atomic E-state index is 0.165. The summed E-state index contributed by atoms with van der Waals surface area (Å²) in [5, 5.41) is 0.631. The second-order valence-corrected chi connectivity index (χ2v) is 7.00. The summed E-state index contributed by atoms with van der Waals surface area (Å²) in [5.41, 5.74) is 0.720. The number of nitrogens with zero attached hydrogens (tertiary/aromatic N) is 1. The molecule has 2 nitrogen and oxygen atoms in total. The van der Waals surface area contributed by atoms with E-state index >= 15 is 0 Å². The van der Waals surface area contributed by atoms with Crippen molar-refractivity contribution in [2.24, 2.45) is 17.8 Å². The Morgan fingerprint density at radius 3 is 2.85 bits per heavy atom. The zero-order chi connectivity index (χ0) is 14.1. The second kappa shape index (κ2) is 5.87. The quantitative estimate of drug-likeness (QED) is 0.767. The number of Topliss-reactive ketones (excluding diaryl/α,β-unsaturated/α-hetero) is 1. The molecule has 0 saturated heterocycles. The molecule has 0 spiro atoms. The molecule has 0 aliphatic heterocycles. The predicted octanol–water partition coefficient (Wildman–Crippen LogP) is 3.89. The molecule has 0 heterocycles. The zero-order valence-electron chi connectivity index (χ0n) is 12.0. The van der Waals surface area contributed by atoms with Crippen molar-refractivity contribution < 1.29 is 4.79 Å². The average molecular weight is 292 g/mol. The van der Waals surface area contributed by atoms with Gasteiger partial charge in [0.15, 0.2) is 5.78 Å². The number of hydrogen-bond acceptors (Lipinski definition) is 2. The van der Waals surface area contributed by atoms with Crippen LogP contribution >= 0.6 is 11.6 Å². The van der Waals surface area contributed by atoms with E-state index in [1.165, 1.54) is 25.7 Å². The van der Waals surface area contributed by atoms with Crippen molar-refractivity contribution in [3.63, 3.8) is 0 Å². The first-order valence-electron chi connectivity index (χ1n) is 7.59. The van der Waals surface area contributed by atoms with Crippen molar-refractivity contribution in [1.82, 2.24) is 4.90 Å². The largest absolute Gasteiger partial charge is 0.299 e. The monoisotopic (exact) mass is 291 g/mol. The fourth-order valence-electron chi connectivity index (χ4n) is 4.06. The van der Waals surface area contributed by atoms with Gasteiger partial charge < -0.3 is 0 Å². The van der Waals surface area contributed by atoms with Crippen LogP contribution in [-0.2, 0) is 0 Å². The first kappa shape index (κ1) is 14.1. The van der Waals surface area contributed by atoms with Gasteiger partial charge in [0.25, 0.3) is 0 Å². The highest BCUT2D eigenvalue weighted by Gasteiger charge is 2.39. The summed E-state index contributed by atoms with van der Waals surface area (Å²) >= 11 is 5.94. The fraction of sp³-hybridized carbons (Fsp3) is 0.588. The smallest absolute Gasteiger partial charge is 0.176 e. The summed E-state index contributed by atoms with van der Waals surface area (Å²) in [5.74, 6) is 2.87. The minimum Gasteiger partial charge on any atom is -0.299 e. The summed E-state index contributed by atoms with van der Waals surface area (Å²) in [7, 11) is 2.06. The topological polar surface area (TPSA) is 20.3 Å². The molecule has 2 saturated carbocycles. The van der Waals surface area contributed by atoms with Crippen molar-refractivity contribution in [2.75, 3.05) is 20.1 Å². The van der Waals surface area contributed by atoms with E-state index in [0.717, 1.165) is 29.9 Å². The molecule has 2 aliphatic carbocycles. The van der Waals surface area contributed by atoms with Crippen molar-refractivity contribution in [3.05, 3.63) is 34.9 Å². The van der Waals surface area contributed by atoms with Gasteiger partial charge in [-0.1, -0.05) is 30.2 Å². The highest BCUT2D eigenvalue weighted by molar-refractivity contribution is 6.31. The molecule has 0 amide bonds. The van der Waals surface area contributed by atoms with Crippen LogP contribution in [0.2, 0.25) is 5.02 Å². The van der Waals surface area contributed by atoms with Crippen LogP contribution in [0.3, 0.4) is 0 Å². The Hall–Kier alpha value is -0.860. The first-order chi connectivity index (χ1) is 9.61. The second-order valence-electron chi connectivity index (χ2n) is 6.57. The van der Waals surface area contributed by atoms with Crippen molar-refractivity contribution in [3.8, 4) is 0 Å². The summed E-state index contributed by atoms with van der Waals surface area (Å²) in [6.07, 6.45) is 5.65. The van der Waals surface area contributed by atoms with Crippen LogP contribution in [0.1, 0.15) is 36.0 Å². The SMILES string of the molecule is CN(CC(=O)c1cccc(Cl)c1)CC1CC2CCC1C2. The number of carbonyl (C=O) groups excluding carboxylic acids is 1. The van der Waals surface area contributed by atoms with E-state index in [4.69, 9.17) is 11.6 Å². The molecule has 108 valence electrons. The molecule has 1 aromatic carbocycles. The normalized spacial score (nSPS) is 28.2. The van der Waals surface area contributed by atoms with E-state index in [1.807, 2.05) is 12.1 Å². The zero-order valence-corrected chi connectivity index (χ0v) is 12.8. The van der Waals surface area contributed by atoms with E-state index in [1.54, 1.807) is 12.1 Å². The van der Waals surface area contributed by atoms with Gasteiger partial charge in [0.05, 0.1) is 6.54 Å². The van der Waals surface area contributed by atoms with E-state index in [9.17, 15) is 4.79 Å². The third kappa shape index (κ3) is 3.07. The molecule has 3 unspecified atom stereocenters. The number of halogens is 1. The van der Waals surface area contributed by atoms with Gasteiger partial charge in [-0.2, -0.15) is 0 Å². The maximum atomic E-state index is 12.2. The molecule has 0 radical (unpaired) electrons. The van der Waals surface area contributed by atoms with Crippen molar-refractivity contribution in [2.45, 2.75) is 25.7 Å². The molecule has 0 N–H and O–H groups in total. The Morgan fingerprint density at radius 2 is 2.20 bits per heavy atom. The summed E-state index contributed by atoms with van der Waals surface area (Å²) in [6, 6.07) is 7.25. The van der Waals surface area contributed by atoms with Crippen LogP contribution in [0.4, 0.5) is 0 Å². The lowest BCUT2D eigenvalue weighted by Crippen LogP contribution is -2.32. The highest BCUT2D eigenvalue weighted by Crippen LogP contribution is 2.48. The molecule has 3 heteroatoms. The van der Waals surface area contributed by atoms with Gasteiger partial charge in [-0.25, -0.2) is 0 Å². The maximum absolute atomic E-state index is 12.2. The molecular weight excluding hydrogens is 270 g/mol.